The SMILES string of the molecule is Cc1cccc(C(=O)N[C@@H]2C(=O)Nc3c(c(C)nn3C)[C@H]2c2ccc(-c3ccccc3)cc2)c1. The highest BCUT2D eigenvalue weighted by Gasteiger charge is 2.41. The standard InChI is InChI=1S/C28H26N4O2/c1-17-8-7-11-22(16-17)27(33)29-25-24(23-18(2)31-32(3)26(23)30-28(25)34)21-14-12-20(13-15-21)19-9-5-4-6-10-19/h4-16,24-25H,1-3H3,(H,29,33)(H,30,34)/t24-,25+/m1/s1. The second-order valence-corrected chi connectivity index (χ2v) is 8.75. The van der Waals surface area contributed by atoms with Gasteiger partial charge in [-0.3, -0.25) is 14.3 Å². The van der Waals surface area contributed by atoms with Gasteiger partial charge in [-0.05, 0) is 42.7 Å². The number of aryl methyl sites for hydroxylation is 3. The molecule has 0 fully saturated rings. The number of amides is 2. The molecule has 0 bridgehead atoms. The lowest BCUT2D eigenvalue weighted by Gasteiger charge is -2.32. The van der Waals surface area contributed by atoms with Crippen LogP contribution in [0.2, 0.25) is 0 Å². The molecule has 6 heteroatoms. The van der Waals surface area contributed by atoms with Gasteiger partial charge in [0.2, 0.25) is 5.91 Å². The number of nitrogens with one attached hydrogen (secondary N) is 2. The minimum absolute atomic E-state index is 0.256. The second-order valence-electron chi connectivity index (χ2n) is 8.75. The Labute approximate surface area is 198 Å². The van der Waals surface area contributed by atoms with Gasteiger partial charge < -0.3 is 10.6 Å². The fraction of sp³-hybridized carbons (Fsp3) is 0.179. The van der Waals surface area contributed by atoms with Crippen LogP contribution >= 0.6 is 0 Å². The lowest BCUT2D eigenvalue weighted by atomic mass is 9.81. The second kappa shape index (κ2) is 8.63. The van der Waals surface area contributed by atoms with E-state index in [1.54, 1.807) is 10.7 Å². The molecule has 2 amide bonds. The third-order valence-corrected chi connectivity index (χ3v) is 6.38. The normalized spacial score (nSPS) is 17.1. The van der Waals surface area contributed by atoms with Crippen molar-refractivity contribution < 1.29 is 9.59 Å². The minimum Gasteiger partial charge on any atom is -0.339 e. The van der Waals surface area contributed by atoms with E-state index in [0.717, 1.165) is 33.5 Å². The zero-order valence-electron chi connectivity index (χ0n) is 19.4. The van der Waals surface area contributed by atoms with Crippen LogP contribution in [0.5, 0.6) is 0 Å². The van der Waals surface area contributed by atoms with Crippen LogP contribution in [0.15, 0.2) is 78.9 Å². The van der Waals surface area contributed by atoms with Crippen LogP contribution in [-0.2, 0) is 11.8 Å². The number of nitrogens with zero attached hydrogens (tertiary/aromatic N) is 2. The van der Waals surface area contributed by atoms with Crippen molar-refractivity contribution in [3.05, 3.63) is 107 Å². The quantitative estimate of drug-likeness (QED) is 0.478. The van der Waals surface area contributed by atoms with Crippen LogP contribution < -0.4 is 10.6 Å². The van der Waals surface area contributed by atoms with Gasteiger partial charge in [0.15, 0.2) is 0 Å². The number of carbonyl (C=O) groups is 2. The van der Waals surface area contributed by atoms with Gasteiger partial charge in [0.25, 0.3) is 5.91 Å². The smallest absolute Gasteiger partial charge is 0.251 e. The van der Waals surface area contributed by atoms with E-state index in [4.69, 9.17) is 0 Å². The molecule has 0 radical (unpaired) electrons. The Bertz CT molecular complexity index is 1370. The minimum atomic E-state index is -0.772. The number of anilines is 1. The molecule has 170 valence electrons. The zero-order valence-corrected chi connectivity index (χ0v) is 19.4. The number of hydrogen-bond acceptors (Lipinski definition) is 3. The largest absolute Gasteiger partial charge is 0.339 e. The molecule has 0 unspecified atom stereocenters. The molecule has 2 N–H and O–H groups in total. The lowest BCUT2D eigenvalue weighted by molar-refractivity contribution is -0.118. The fourth-order valence-corrected chi connectivity index (χ4v) is 4.74. The highest BCUT2D eigenvalue weighted by Crippen LogP contribution is 2.39. The number of benzene rings is 3. The van der Waals surface area contributed by atoms with Gasteiger partial charge in [0.05, 0.1) is 5.69 Å². The maximum atomic E-state index is 13.3. The number of rotatable bonds is 4. The number of carbonyl (C=O) groups excluding carboxylic acids is 2. The van der Waals surface area contributed by atoms with Crippen molar-refractivity contribution in [1.29, 1.82) is 0 Å². The highest BCUT2D eigenvalue weighted by molar-refractivity contribution is 6.04. The fourth-order valence-electron chi connectivity index (χ4n) is 4.74. The number of aromatic nitrogens is 2. The first-order valence-corrected chi connectivity index (χ1v) is 11.3. The van der Waals surface area contributed by atoms with Gasteiger partial charge in [0.1, 0.15) is 11.9 Å². The Kier molecular flexibility index (Phi) is 5.49. The van der Waals surface area contributed by atoms with Crippen molar-refractivity contribution in [1.82, 2.24) is 15.1 Å². The van der Waals surface area contributed by atoms with Gasteiger partial charge in [-0.15, -0.1) is 0 Å². The Morgan fingerprint density at radius 3 is 2.35 bits per heavy atom. The van der Waals surface area contributed by atoms with E-state index in [-0.39, 0.29) is 17.7 Å². The molecule has 34 heavy (non-hydrogen) atoms. The molecule has 0 saturated carbocycles. The van der Waals surface area contributed by atoms with Crippen molar-refractivity contribution >= 4 is 17.6 Å². The molecule has 5 rings (SSSR count). The topological polar surface area (TPSA) is 76.0 Å². The van der Waals surface area contributed by atoms with Gasteiger partial charge in [-0.25, -0.2) is 0 Å². The van der Waals surface area contributed by atoms with E-state index < -0.39 is 6.04 Å². The molecule has 0 aliphatic carbocycles. The van der Waals surface area contributed by atoms with Crippen molar-refractivity contribution in [2.75, 3.05) is 5.32 Å². The summed E-state index contributed by atoms with van der Waals surface area (Å²) in [5, 5.41) is 10.5. The predicted octanol–water partition coefficient (Wildman–Crippen LogP) is 4.59. The molecule has 2 atom stereocenters. The van der Waals surface area contributed by atoms with Gasteiger partial charge in [-0.1, -0.05) is 72.3 Å². The first-order chi connectivity index (χ1) is 16.4. The Hall–Kier alpha value is -4.19. The summed E-state index contributed by atoms with van der Waals surface area (Å²) in [6, 6.07) is 24.9. The van der Waals surface area contributed by atoms with Gasteiger partial charge >= 0.3 is 0 Å². The van der Waals surface area contributed by atoms with Gasteiger partial charge in [0, 0.05) is 24.1 Å². The van der Waals surface area contributed by atoms with Crippen LogP contribution in [-0.4, -0.2) is 27.6 Å². The molecule has 1 aromatic heterocycles. The molecular weight excluding hydrogens is 424 g/mol. The van der Waals surface area contributed by atoms with Crippen molar-refractivity contribution in [2.45, 2.75) is 25.8 Å². The average molecular weight is 451 g/mol. The van der Waals surface area contributed by atoms with E-state index >= 15 is 0 Å². The van der Waals surface area contributed by atoms with Crippen LogP contribution in [0.25, 0.3) is 11.1 Å². The summed E-state index contributed by atoms with van der Waals surface area (Å²) in [5.41, 5.74) is 6.42. The molecule has 2 heterocycles. The molecule has 0 saturated heterocycles. The van der Waals surface area contributed by atoms with Gasteiger partial charge in [-0.2, -0.15) is 5.10 Å². The molecule has 1 aliphatic heterocycles. The van der Waals surface area contributed by atoms with Crippen molar-refractivity contribution in [2.24, 2.45) is 7.05 Å². The Morgan fingerprint density at radius 1 is 0.941 bits per heavy atom. The maximum Gasteiger partial charge on any atom is 0.251 e. The number of fused-ring (bicyclic) bond motifs is 1. The third kappa shape index (κ3) is 3.88. The van der Waals surface area contributed by atoms with Crippen LogP contribution in [0.4, 0.5) is 5.82 Å². The molecule has 0 spiro atoms. The molecule has 4 aromatic rings. The third-order valence-electron chi connectivity index (χ3n) is 6.38. The number of hydrogen-bond donors (Lipinski definition) is 2. The maximum absolute atomic E-state index is 13.3. The average Bonchev–Trinajstić information content (AvgIpc) is 3.12. The van der Waals surface area contributed by atoms with Crippen molar-refractivity contribution in [3.63, 3.8) is 0 Å². The summed E-state index contributed by atoms with van der Waals surface area (Å²) in [6.07, 6.45) is 0. The summed E-state index contributed by atoms with van der Waals surface area (Å²) in [6.45, 7) is 3.87. The summed E-state index contributed by atoms with van der Waals surface area (Å²) in [5.74, 6) is -0.231. The highest BCUT2D eigenvalue weighted by atomic mass is 16.2. The van der Waals surface area contributed by atoms with Crippen LogP contribution in [0, 0.1) is 13.8 Å². The van der Waals surface area contributed by atoms with Crippen LogP contribution in [0.1, 0.15) is 38.7 Å². The first kappa shape index (κ1) is 21.6. The molecule has 6 nitrogen and oxygen atoms in total. The zero-order chi connectivity index (χ0) is 23.8. The van der Waals surface area contributed by atoms with E-state index in [9.17, 15) is 9.59 Å². The first-order valence-electron chi connectivity index (χ1n) is 11.3. The predicted molar refractivity (Wildman–Crippen MR) is 133 cm³/mol. The Balaban J connectivity index is 1.55. The van der Waals surface area contributed by atoms with Crippen LogP contribution in [0.3, 0.4) is 0 Å². The van der Waals surface area contributed by atoms with E-state index in [1.165, 1.54) is 0 Å². The molecular formula is C28H26N4O2. The monoisotopic (exact) mass is 450 g/mol. The summed E-state index contributed by atoms with van der Waals surface area (Å²) >= 11 is 0. The van der Waals surface area contributed by atoms with E-state index in [0.29, 0.717) is 11.4 Å². The summed E-state index contributed by atoms with van der Waals surface area (Å²) in [7, 11) is 1.81. The lowest BCUT2D eigenvalue weighted by Crippen LogP contribution is -2.50. The van der Waals surface area contributed by atoms with Crippen molar-refractivity contribution in [3.8, 4) is 11.1 Å². The van der Waals surface area contributed by atoms with E-state index in [1.807, 2.05) is 69.4 Å². The van der Waals surface area contributed by atoms with E-state index in [2.05, 4.69) is 40.0 Å². The molecule has 3 aromatic carbocycles. The summed E-state index contributed by atoms with van der Waals surface area (Å²) < 4.78 is 1.69. The summed E-state index contributed by atoms with van der Waals surface area (Å²) in [4.78, 5) is 26.4. The molecule has 1 aliphatic rings. The Morgan fingerprint density at radius 2 is 1.65 bits per heavy atom.